The van der Waals surface area contributed by atoms with E-state index in [9.17, 15) is 0 Å². The van der Waals surface area contributed by atoms with Crippen LogP contribution in [0.25, 0.3) is 0 Å². The summed E-state index contributed by atoms with van der Waals surface area (Å²) >= 11 is 6.34. The lowest BCUT2D eigenvalue weighted by atomic mass is 9.96. The molecule has 0 saturated heterocycles. The summed E-state index contributed by atoms with van der Waals surface area (Å²) < 4.78 is 12.4. The van der Waals surface area contributed by atoms with Gasteiger partial charge in [-0.3, -0.25) is 0 Å². The van der Waals surface area contributed by atoms with E-state index in [1.165, 1.54) is 19.3 Å². The summed E-state index contributed by atoms with van der Waals surface area (Å²) in [7, 11) is 0. The van der Waals surface area contributed by atoms with Crippen molar-refractivity contribution >= 4 is 17.3 Å². The van der Waals surface area contributed by atoms with E-state index in [4.69, 9.17) is 26.2 Å². The topological polar surface area (TPSA) is 34.1 Å². The monoisotopic (exact) mass is 460 g/mol. The third kappa shape index (κ3) is 4.72. The average molecular weight is 461 g/mol. The number of hydrazone groups is 1. The molecule has 0 aromatic heterocycles. The minimum atomic E-state index is -0.302. The van der Waals surface area contributed by atoms with Crippen LogP contribution in [0.1, 0.15) is 68.0 Å². The Morgan fingerprint density at radius 2 is 1.82 bits per heavy atom. The van der Waals surface area contributed by atoms with Gasteiger partial charge in [0, 0.05) is 22.6 Å². The van der Waals surface area contributed by atoms with Gasteiger partial charge in [-0.05, 0) is 54.4 Å². The zero-order valence-corrected chi connectivity index (χ0v) is 19.7. The lowest BCUT2D eigenvalue weighted by Crippen LogP contribution is -2.33. The molecule has 0 fully saturated rings. The largest absolute Gasteiger partial charge is 0.494 e. The quantitative estimate of drug-likeness (QED) is 0.325. The molecule has 2 heterocycles. The maximum Gasteiger partial charge on any atom is 0.213 e. The molecule has 33 heavy (non-hydrogen) atoms. The van der Waals surface area contributed by atoms with Crippen molar-refractivity contribution in [3.63, 3.8) is 0 Å². The minimum absolute atomic E-state index is 0.0853. The van der Waals surface area contributed by atoms with Crippen LogP contribution in [0.5, 0.6) is 11.5 Å². The molecule has 4 nitrogen and oxygen atoms in total. The number of fused-ring (bicyclic) bond motifs is 3. The molecule has 0 saturated carbocycles. The number of rotatable bonds is 8. The Balaban J connectivity index is 1.39. The van der Waals surface area contributed by atoms with Crippen LogP contribution in [-0.2, 0) is 0 Å². The Morgan fingerprint density at radius 3 is 2.61 bits per heavy atom. The van der Waals surface area contributed by atoms with E-state index in [1.807, 2.05) is 36.4 Å². The Labute approximate surface area is 200 Å². The molecule has 3 aromatic rings. The van der Waals surface area contributed by atoms with E-state index >= 15 is 0 Å². The fourth-order valence-electron chi connectivity index (χ4n) is 4.53. The van der Waals surface area contributed by atoms with Crippen LogP contribution in [-0.4, -0.2) is 17.3 Å². The van der Waals surface area contributed by atoms with Gasteiger partial charge in [-0.1, -0.05) is 68.1 Å². The second-order valence-corrected chi connectivity index (χ2v) is 9.08. The van der Waals surface area contributed by atoms with Crippen LogP contribution >= 0.6 is 11.6 Å². The Hall–Kier alpha value is -2.98. The third-order valence-corrected chi connectivity index (χ3v) is 6.53. The van der Waals surface area contributed by atoms with Gasteiger partial charge in [-0.2, -0.15) is 5.10 Å². The molecule has 0 radical (unpaired) electrons. The second kappa shape index (κ2) is 9.88. The highest BCUT2D eigenvalue weighted by Gasteiger charge is 2.41. The van der Waals surface area contributed by atoms with Crippen molar-refractivity contribution in [3.05, 3.63) is 94.5 Å². The number of ether oxygens (including phenoxy) is 2. The average Bonchev–Trinajstić information content (AvgIpc) is 3.31. The summed E-state index contributed by atoms with van der Waals surface area (Å²) in [5.41, 5.74) is 4.34. The molecule has 5 heteroatoms. The molecule has 2 unspecified atom stereocenters. The molecule has 0 aliphatic carbocycles. The standard InChI is InChI=1S/C28H29ClN2O2/c1-2-3-4-8-17-32-23-14-11-21(12-15-23)28-31-26(24-18-22(29)13-16-27(24)33-28)19-25(30-31)20-9-6-5-7-10-20/h5-7,9-16,18,26,28H,2-4,8,17,19H2,1H3. The maximum atomic E-state index is 6.46. The number of hydrogen-bond acceptors (Lipinski definition) is 4. The Kier molecular flexibility index (Phi) is 6.54. The van der Waals surface area contributed by atoms with Gasteiger partial charge in [-0.15, -0.1) is 0 Å². The highest BCUT2D eigenvalue weighted by Crippen LogP contribution is 2.48. The molecule has 170 valence electrons. The van der Waals surface area contributed by atoms with Crippen LogP contribution in [0.2, 0.25) is 5.02 Å². The zero-order chi connectivity index (χ0) is 22.6. The first-order chi connectivity index (χ1) is 16.2. The molecule has 0 N–H and O–H groups in total. The van der Waals surface area contributed by atoms with E-state index in [-0.39, 0.29) is 12.3 Å². The predicted molar refractivity (Wildman–Crippen MR) is 133 cm³/mol. The molecular formula is C28H29ClN2O2. The van der Waals surface area contributed by atoms with Crippen molar-refractivity contribution in [1.29, 1.82) is 0 Å². The van der Waals surface area contributed by atoms with Gasteiger partial charge >= 0.3 is 0 Å². The summed E-state index contributed by atoms with van der Waals surface area (Å²) in [6, 6.07) is 24.5. The number of halogens is 1. The van der Waals surface area contributed by atoms with Crippen molar-refractivity contribution in [2.45, 2.75) is 51.3 Å². The molecule has 0 bridgehead atoms. The highest BCUT2D eigenvalue weighted by atomic mass is 35.5. The molecule has 0 spiro atoms. The zero-order valence-electron chi connectivity index (χ0n) is 18.9. The van der Waals surface area contributed by atoms with Crippen molar-refractivity contribution in [2.24, 2.45) is 5.10 Å². The predicted octanol–water partition coefficient (Wildman–Crippen LogP) is 7.54. The highest BCUT2D eigenvalue weighted by molar-refractivity contribution is 6.30. The van der Waals surface area contributed by atoms with E-state index in [1.54, 1.807) is 0 Å². The van der Waals surface area contributed by atoms with E-state index in [2.05, 4.69) is 48.3 Å². The first kappa shape index (κ1) is 21.8. The molecule has 0 amide bonds. The lowest BCUT2D eigenvalue weighted by molar-refractivity contribution is -0.0190. The number of unbranched alkanes of at least 4 members (excludes halogenated alkanes) is 3. The molecule has 2 aliphatic rings. The van der Waals surface area contributed by atoms with E-state index in [0.717, 1.165) is 53.3 Å². The van der Waals surface area contributed by atoms with Crippen molar-refractivity contribution in [1.82, 2.24) is 5.01 Å². The molecule has 2 atom stereocenters. The maximum absolute atomic E-state index is 6.46. The fraction of sp³-hybridized carbons (Fsp3) is 0.321. The van der Waals surface area contributed by atoms with Crippen LogP contribution in [0.15, 0.2) is 77.9 Å². The normalized spacial score (nSPS) is 18.8. The SMILES string of the molecule is CCCCCCOc1ccc(C2Oc3ccc(Cl)cc3C3CC(c4ccccc4)=NN32)cc1. The lowest BCUT2D eigenvalue weighted by Gasteiger charge is -2.38. The van der Waals surface area contributed by atoms with Crippen molar-refractivity contribution < 1.29 is 9.47 Å². The van der Waals surface area contributed by atoms with Crippen LogP contribution in [0.4, 0.5) is 0 Å². The Morgan fingerprint density at radius 1 is 1.00 bits per heavy atom. The molecule has 5 rings (SSSR count). The van der Waals surface area contributed by atoms with Gasteiger partial charge in [0.15, 0.2) is 0 Å². The summed E-state index contributed by atoms with van der Waals surface area (Å²) in [4.78, 5) is 0. The first-order valence-electron chi connectivity index (χ1n) is 11.8. The van der Waals surface area contributed by atoms with Gasteiger partial charge < -0.3 is 9.47 Å². The van der Waals surface area contributed by atoms with Gasteiger partial charge in [-0.25, -0.2) is 5.01 Å². The summed E-state index contributed by atoms with van der Waals surface area (Å²) in [5.74, 6) is 1.76. The van der Waals surface area contributed by atoms with Gasteiger partial charge in [0.25, 0.3) is 0 Å². The van der Waals surface area contributed by atoms with Gasteiger partial charge in [0.2, 0.25) is 6.23 Å². The minimum Gasteiger partial charge on any atom is -0.494 e. The van der Waals surface area contributed by atoms with Crippen molar-refractivity contribution in [3.8, 4) is 11.5 Å². The Bertz CT molecular complexity index is 1110. The van der Waals surface area contributed by atoms with Gasteiger partial charge in [0.1, 0.15) is 11.5 Å². The molecule has 2 aliphatic heterocycles. The number of nitrogens with zero attached hydrogens (tertiary/aromatic N) is 2. The summed E-state index contributed by atoms with van der Waals surface area (Å²) in [6.07, 6.45) is 5.31. The van der Waals surface area contributed by atoms with Crippen LogP contribution < -0.4 is 9.47 Å². The van der Waals surface area contributed by atoms with Crippen LogP contribution in [0, 0.1) is 0 Å². The molecule has 3 aromatic carbocycles. The number of benzene rings is 3. The van der Waals surface area contributed by atoms with E-state index in [0.29, 0.717) is 5.02 Å². The fourth-order valence-corrected chi connectivity index (χ4v) is 4.71. The van der Waals surface area contributed by atoms with E-state index < -0.39 is 0 Å². The van der Waals surface area contributed by atoms with Crippen LogP contribution in [0.3, 0.4) is 0 Å². The smallest absolute Gasteiger partial charge is 0.213 e. The first-order valence-corrected chi connectivity index (χ1v) is 12.2. The number of hydrogen-bond donors (Lipinski definition) is 0. The second-order valence-electron chi connectivity index (χ2n) is 8.64. The van der Waals surface area contributed by atoms with Crippen molar-refractivity contribution in [2.75, 3.05) is 6.61 Å². The summed E-state index contributed by atoms with van der Waals surface area (Å²) in [6.45, 7) is 2.98. The van der Waals surface area contributed by atoms with Gasteiger partial charge in [0.05, 0.1) is 18.4 Å². The third-order valence-electron chi connectivity index (χ3n) is 6.29. The summed E-state index contributed by atoms with van der Waals surface area (Å²) in [5, 5.41) is 7.82. The molecular weight excluding hydrogens is 432 g/mol.